The van der Waals surface area contributed by atoms with Crippen LogP contribution >= 0.6 is 0 Å². The second-order valence-electron chi connectivity index (χ2n) is 3.48. The van der Waals surface area contributed by atoms with Crippen molar-refractivity contribution >= 4 is 23.0 Å². The molecule has 0 bridgehead atoms. The predicted octanol–water partition coefficient (Wildman–Crippen LogP) is -0.0277. The molecule has 1 fully saturated rings. The van der Waals surface area contributed by atoms with Gasteiger partial charge in [0.05, 0.1) is 12.7 Å². The van der Waals surface area contributed by atoms with E-state index in [9.17, 15) is 14.1 Å². The summed E-state index contributed by atoms with van der Waals surface area (Å²) in [5.74, 6) is -1.24. The Morgan fingerprint density at radius 3 is 2.64 bits per heavy atom. The molecule has 0 aromatic carbocycles. The highest BCUT2D eigenvalue weighted by molar-refractivity contribution is 7.91. The quantitative estimate of drug-likeness (QED) is 0.399. The minimum Gasteiger partial charge on any atom is -0.616 e. The number of carbonyl (C=O) groups is 2. The van der Waals surface area contributed by atoms with Crippen LogP contribution in [-0.2, 0) is 20.8 Å². The maximum absolute atomic E-state index is 11.4. The number of imide groups is 1. The van der Waals surface area contributed by atoms with E-state index in [2.05, 4.69) is 11.9 Å². The van der Waals surface area contributed by atoms with Crippen molar-refractivity contribution in [2.24, 2.45) is 5.92 Å². The van der Waals surface area contributed by atoms with Gasteiger partial charge < -0.3 is 4.55 Å². The van der Waals surface area contributed by atoms with Gasteiger partial charge in [0.2, 0.25) is 11.8 Å². The lowest BCUT2D eigenvalue weighted by molar-refractivity contribution is -0.135. The zero-order valence-corrected chi connectivity index (χ0v) is 9.02. The molecular weight excluding hydrogens is 202 g/mol. The first kappa shape index (κ1) is 11.3. The van der Waals surface area contributed by atoms with Crippen molar-refractivity contribution in [3.05, 3.63) is 12.2 Å². The minimum absolute atomic E-state index is 0.131. The van der Waals surface area contributed by atoms with Crippen molar-refractivity contribution in [1.29, 1.82) is 0 Å². The molecule has 78 valence electrons. The number of hydrogen-bond donors (Lipinski definition) is 1. The first-order valence-corrected chi connectivity index (χ1v) is 5.87. The van der Waals surface area contributed by atoms with Crippen LogP contribution in [0.1, 0.15) is 13.3 Å². The number of amides is 2. The fourth-order valence-electron chi connectivity index (χ4n) is 1.59. The summed E-state index contributed by atoms with van der Waals surface area (Å²) in [5.41, 5.74) is 0.648. The lowest BCUT2D eigenvalue weighted by atomic mass is 9.91. The molecule has 4 nitrogen and oxygen atoms in total. The lowest BCUT2D eigenvalue weighted by Crippen LogP contribution is -2.51. The second kappa shape index (κ2) is 4.14. The van der Waals surface area contributed by atoms with Gasteiger partial charge in [0, 0.05) is 0 Å². The monoisotopic (exact) mass is 215 g/mol. The maximum atomic E-state index is 11.4. The Morgan fingerprint density at radius 2 is 2.21 bits per heavy atom. The Kier molecular flexibility index (Phi) is 3.34. The Hall–Kier alpha value is -0.810. The second-order valence-corrected chi connectivity index (χ2v) is 5.08. The molecule has 1 N–H and O–H groups in total. The van der Waals surface area contributed by atoms with Crippen LogP contribution < -0.4 is 5.32 Å². The molecule has 0 saturated carbocycles. The van der Waals surface area contributed by atoms with Crippen LogP contribution in [-0.4, -0.2) is 27.9 Å². The van der Waals surface area contributed by atoms with Crippen LogP contribution in [0.25, 0.3) is 0 Å². The molecule has 0 radical (unpaired) electrons. The van der Waals surface area contributed by atoms with E-state index in [0.29, 0.717) is 5.57 Å². The highest BCUT2D eigenvalue weighted by Gasteiger charge is 2.41. The molecule has 0 aromatic heterocycles. The average Bonchev–Trinajstić information content (AvgIpc) is 2.01. The van der Waals surface area contributed by atoms with Crippen LogP contribution in [0.15, 0.2) is 12.2 Å². The van der Waals surface area contributed by atoms with Gasteiger partial charge in [0.1, 0.15) is 11.2 Å². The molecule has 1 aliphatic rings. The number of rotatable bonds is 2. The third kappa shape index (κ3) is 2.16. The summed E-state index contributed by atoms with van der Waals surface area (Å²) < 4.78 is 11.3. The Morgan fingerprint density at radius 1 is 1.64 bits per heavy atom. The summed E-state index contributed by atoms with van der Waals surface area (Å²) >= 11 is -1.19. The van der Waals surface area contributed by atoms with Gasteiger partial charge in [0.15, 0.2) is 0 Å². The van der Waals surface area contributed by atoms with Gasteiger partial charge in [0.25, 0.3) is 0 Å². The van der Waals surface area contributed by atoms with Gasteiger partial charge in [-0.1, -0.05) is 23.3 Å². The molecule has 1 heterocycles. The van der Waals surface area contributed by atoms with E-state index in [1.54, 1.807) is 6.92 Å². The number of carbonyl (C=O) groups excluding carboxylic acids is 2. The molecule has 1 rings (SSSR count). The summed E-state index contributed by atoms with van der Waals surface area (Å²) in [5, 5.41) is 1.80. The smallest absolute Gasteiger partial charge is 0.238 e. The van der Waals surface area contributed by atoms with E-state index >= 15 is 0 Å². The van der Waals surface area contributed by atoms with Gasteiger partial charge in [-0.3, -0.25) is 14.9 Å². The number of hydrogen-bond acceptors (Lipinski definition) is 3. The van der Waals surface area contributed by atoms with Crippen LogP contribution in [0, 0.1) is 5.92 Å². The topological polar surface area (TPSA) is 69.2 Å². The van der Waals surface area contributed by atoms with Crippen molar-refractivity contribution in [2.75, 3.05) is 6.26 Å². The molecule has 1 aliphatic heterocycles. The van der Waals surface area contributed by atoms with Crippen molar-refractivity contribution in [3.8, 4) is 0 Å². The van der Waals surface area contributed by atoms with E-state index in [4.69, 9.17) is 0 Å². The minimum atomic E-state index is -1.19. The van der Waals surface area contributed by atoms with Gasteiger partial charge in [-0.25, -0.2) is 0 Å². The molecule has 1 saturated heterocycles. The molecule has 0 spiro atoms. The van der Waals surface area contributed by atoms with Crippen molar-refractivity contribution < 1.29 is 14.1 Å². The summed E-state index contributed by atoms with van der Waals surface area (Å²) in [6.07, 6.45) is 1.64. The van der Waals surface area contributed by atoms with Crippen LogP contribution in [0.2, 0.25) is 0 Å². The van der Waals surface area contributed by atoms with Gasteiger partial charge in [-0.2, -0.15) is 0 Å². The summed E-state index contributed by atoms with van der Waals surface area (Å²) in [6, 6.07) is 0. The zero-order valence-electron chi connectivity index (χ0n) is 8.20. The first-order chi connectivity index (χ1) is 6.43. The molecule has 14 heavy (non-hydrogen) atoms. The molecule has 5 heteroatoms. The molecule has 3 atom stereocenters. The zero-order chi connectivity index (χ0) is 10.9. The third-order valence-electron chi connectivity index (χ3n) is 2.26. The standard InChI is InChI=1S/C9H13NO3S/c1-5(2)8-6(14(3)13)4-7(11)10-9(8)12/h6,8H,1,4H2,2-3H3,(H,10,11,12). The van der Waals surface area contributed by atoms with Gasteiger partial charge in [-0.15, -0.1) is 0 Å². The highest BCUT2D eigenvalue weighted by Crippen LogP contribution is 2.25. The average molecular weight is 215 g/mol. The SMILES string of the molecule is C=C(C)C1C(=O)NC(=O)CC1[S+](C)[O-]. The Bertz CT molecular complexity index is 288. The molecule has 0 aliphatic carbocycles. The summed E-state index contributed by atoms with van der Waals surface area (Å²) in [6.45, 7) is 5.39. The van der Waals surface area contributed by atoms with E-state index in [1.165, 1.54) is 6.26 Å². The van der Waals surface area contributed by atoms with Crippen LogP contribution in [0.3, 0.4) is 0 Å². The van der Waals surface area contributed by atoms with E-state index in [0.717, 1.165) is 0 Å². The normalized spacial score (nSPS) is 29.6. The Balaban J connectivity index is 2.92. The third-order valence-corrected chi connectivity index (χ3v) is 3.55. The predicted molar refractivity (Wildman–Crippen MR) is 53.9 cm³/mol. The number of nitrogens with one attached hydrogen (secondary N) is 1. The van der Waals surface area contributed by atoms with E-state index in [-0.39, 0.29) is 18.2 Å². The van der Waals surface area contributed by atoms with Crippen molar-refractivity contribution in [3.63, 3.8) is 0 Å². The van der Waals surface area contributed by atoms with E-state index < -0.39 is 22.3 Å². The molecule has 0 aromatic rings. The van der Waals surface area contributed by atoms with E-state index in [1.807, 2.05) is 0 Å². The first-order valence-electron chi connectivity index (χ1n) is 4.24. The highest BCUT2D eigenvalue weighted by atomic mass is 32.2. The van der Waals surface area contributed by atoms with Crippen LogP contribution in [0.5, 0.6) is 0 Å². The molecule has 2 amide bonds. The van der Waals surface area contributed by atoms with Crippen molar-refractivity contribution in [1.82, 2.24) is 5.32 Å². The maximum Gasteiger partial charge on any atom is 0.238 e. The number of piperidine rings is 1. The lowest BCUT2D eigenvalue weighted by Gasteiger charge is -2.29. The fourth-order valence-corrected chi connectivity index (χ4v) is 2.71. The Labute approximate surface area is 85.9 Å². The van der Waals surface area contributed by atoms with Crippen LogP contribution in [0.4, 0.5) is 0 Å². The molecule has 3 unspecified atom stereocenters. The summed E-state index contributed by atoms with van der Waals surface area (Å²) in [7, 11) is 0. The van der Waals surface area contributed by atoms with Crippen molar-refractivity contribution in [2.45, 2.75) is 18.6 Å². The summed E-state index contributed by atoms with van der Waals surface area (Å²) in [4.78, 5) is 22.5. The molecular formula is C9H13NO3S. The largest absolute Gasteiger partial charge is 0.616 e. The van der Waals surface area contributed by atoms with Gasteiger partial charge >= 0.3 is 0 Å². The fraction of sp³-hybridized carbons (Fsp3) is 0.556. The van der Waals surface area contributed by atoms with Gasteiger partial charge in [-0.05, 0) is 6.92 Å².